The van der Waals surface area contributed by atoms with Crippen LogP contribution in [0, 0.1) is 6.92 Å². The number of hydrogen-bond donors (Lipinski definition) is 1. The quantitative estimate of drug-likeness (QED) is 0.749. The van der Waals surface area contributed by atoms with Crippen LogP contribution in [0.1, 0.15) is 38.3 Å². The van der Waals surface area contributed by atoms with Gasteiger partial charge in [-0.2, -0.15) is 0 Å². The lowest BCUT2D eigenvalue weighted by atomic mass is 9.82. The molecule has 2 heteroatoms. The Morgan fingerprint density at radius 3 is 2.67 bits per heavy atom. The molecule has 2 nitrogen and oxygen atoms in total. The number of aryl methyl sites for hydroxylation is 1. The summed E-state index contributed by atoms with van der Waals surface area (Å²) in [5.74, 6) is 0. The van der Waals surface area contributed by atoms with Crippen LogP contribution in [-0.4, -0.2) is 18.1 Å². The van der Waals surface area contributed by atoms with Crippen LogP contribution in [0.2, 0.25) is 0 Å². The van der Waals surface area contributed by atoms with Gasteiger partial charge in [0.05, 0.1) is 0 Å². The SMILES string of the molecule is CCNCCC(C)(C)c1cncc(C)c1. The monoisotopic (exact) mass is 206 g/mol. The van der Waals surface area contributed by atoms with E-state index in [1.54, 1.807) is 0 Å². The Kier molecular flexibility index (Phi) is 4.28. The minimum atomic E-state index is 0.210. The lowest BCUT2D eigenvalue weighted by Gasteiger charge is -2.25. The zero-order chi connectivity index (χ0) is 11.3. The maximum Gasteiger partial charge on any atom is 0.0305 e. The van der Waals surface area contributed by atoms with Gasteiger partial charge < -0.3 is 5.32 Å². The fourth-order valence-electron chi connectivity index (χ4n) is 1.65. The smallest absolute Gasteiger partial charge is 0.0305 e. The molecule has 0 aliphatic carbocycles. The number of hydrogen-bond acceptors (Lipinski definition) is 2. The van der Waals surface area contributed by atoms with E-state index in [0.29, 0.717) is 0 Å². The first-order valence-electron chi connectivity index (χ1n) is 5.69. The van der Waals surface area contributed by atoms with Crippen LogP contribution in [0.15, 0.2) is 18.5 Å². The van der Waals surface area contributed by atoms with Crippen molar-refractivity contribution < 1.29 is 0 Å². The average Bonchev–Trinajstić information content (AvgIpc) is 2.18. The molecule has 0 spiro atoms. The van der Waals surface area contributed by atoms with Gasteiger partial charge in [-0.1, -0.05) is 26.8 Å². The highest BCUT2D eigenvalue weighted by molar-refractivity contribution is 5.24. The molecule has 0 saturated carbocycles. The number of nitrogens with one attached hydrogen (secondary N) is 1. The largest absolute Gasteiger partial charge is 0.317 e. The second kappa shape index (κ2) is 5.26. The van der Waals surface area contributed by atoms with Gasteiger partial charge in [0, 0.05) is 12.4 Å². The van der Waals surface area contributed by atoms with E-state index < -0.39 is 0 Å². The van der Waals surface area contributed by atoms with Gasteiger partial charge in [0.1, 0.15) is 0 Å². The van der Waals surface area contributed by atoms with E-state index in [1.165, 1.54) is 11.1 Å². The zero-order valence-corrected chi connectivity index (χ0v) is 10.3. The molecule has 84 valence electrons. The Morgan fingerprint density at radius 2 is 2.07 bits per heavy atom. The summed E-state index contributed by atoms with van der Waals surface area (Å²) in [6.07, 6.45) is 5.04. The summed E-state index contributed by atoms with van der Waals surface area (Å²) in [7, 11) is 0. The van der Waals surface area contributed by atoms with Crippen LogP contribution in [0.25, 0.3) is 0 Å². The number of nitrogens with zero attached hydrogens (tertiary/aromatic N) is 1. The van der Waals surface area contributed by atoms with Crippen LogP contribution < -0.4 is 5.32 Å². The van der Waals surface area contributed by atoms with Gasteiger partial charge in [-0.3, -0.25) is 4.98 Å². The molecule has 0 aromatic carbocycles. The molecule has 1 N–H and O–H groups in total. The third-order valence-electron chi connectivity index (χ3n) is 2.83. The minimum Gasteiger partial charge on any atom is -0.317 e. The Bertz CT molecular complexity index is 305. The van der Waals surface area contributed by atoms with Crippen molar-refractivity contribution in [3.8, 4) is 0 Å². The third kappa shape index (κ3) is 3.63. The summed E-state index contributed by atoms with van der Waals surface area (Å²) < 4.78 is 0. The van der Waals surface area contributed by atoms with Gasteiger partial charge in [-0.15, -0.1) is 0 Å². The van der Waals surface area contributed by atoms with E-state index >= 15 is 0 Å². The van der Waals surface area contributed by atoms with Crippen molar-refractivity contribution in [1.29, 1.82) is 0 Å². The molecule has 15 heavy (non-hydrogen) atoms. The lowest BCUT2D eigenvalue weighted by molar-refractivity contribution is 0.459. The molecule has 1 aromatic heterocycles. The van der Waals surface area contributed by atoms with Crippen LogP contribution >= 0.6 is 0 Å². The highest BCUT2D eigenvalue weighted by Gasteiger charge is 2.20. The summed E-state index contributed by atoms with van der Waals surface area (Å²) in [5, 5.41) is 3.37. The van der Waals surface area contributed by atoms with E-state index in [0.717, 1.165) is 19.5 Å². The summed E-state index contributed by atoms with van der Waals surface area (Å²) in [4.78, 5) is 4.26. The van der Waals surface area contributed by atoms with Crippen molar-refractivity contribution in [3.63, 3.8) is 0 Å². The van der Waals surface area contributed by atoms with E-state index in [4.69, 9.17) is 0 Å². The van der Waals surface area contributed by atoms with E-state index in [2.05, 4.69) is 44.1 Å². The van der Waals surface area contributed by atoms with E-state index in [1.807, 2.05) is 12.4 Å². The first-order valence-corrected chi connectivity index (χ1v) is 5.69. The fourth-order valence-corrected chi connectivity index (χ4v) is 1.65. The second-order valence-electron chi connectivity index (χ2n) is 4.74. The molecule has 0 atom stereocenters. The van der Waals surface area contributed by atoms with E-state index in [-0.39, 0.29) is 5.41 Å². The molecule has 0 saturated heterocycles. The second-order valence-corrected chi connectivity index (χ2v) is 4.74. The molecular weight excluding hydrogens is 184 g/mol. The van der Waals surface area contributed by atoms with Crippen LogP contribution in [-0.2, 0) is 5.41 Å². The molecule has 1 aromatic rings. The molecule has 0 radical (unpaired) electrons. The van der Waals surface area contributed by atoms with Gasteiger partial charge in [0.15, 0.2) is 0 Å². The summed E-state index contributed by atoms with van der Waals surface area (Å²) >= 11 is 0. The van der Waals surface area contributed by atoms with Crippen molar-refractivity contribution in [3.05, 3.63) is 29.6 Å². The van der Waals surface area contributed by atoms with Crippen molar-refractivity contribution >= 4 is 0 Å². The van der Waals surface area contributed by atoms with Gasteiger partial charge in [0.25, 0.3) is 0 Å². The maximum atomic E-state index is 4.26. The standard InChI is InChI=1S/C13H22N2/c1-5-14-7-6-13(3,4)12-8-11(2)9-15-10-12/h8-10,14H,5-7H2,1-4H3. The third-order valence-corrected chi connectivity index (χ3v) is 2.83. The highest BCUT2D eigenvalue weighted by atomic mass is 14.8. The van der Waals surface area contributed by atoms with E-state index in [9.17, 15) is 0 Å². The van der Waals surface area contributed by atoms with Crippen molar-refractivity contribution in [2.45, 2.75) is 39.5 Å². The first kappa shape index (κ1) is 12.2. The molecule has 0 fully saturated rings. The number of aromatic nitrogens is 1. The molecule has 0 aliphatic heterocycles. The lowest BCUT2D eigenvalue weighted by Crippen LogP contribution is -2.25. The molecular formula is C13H22N2. The molecule has 0 unspecified atom stereocenters. The predicted molar refractivity (Wildman–Crippen MR) is 65.2 cm³/mol. The minimum absolute atomic E-state index is 0.210. The topological polar surface area (TPSA) is 24.9 Å². The predicted octanol–water partition coefficient (Wildman–Crippen LogP) is 2.67. The molecule has 0 bridgehead atoms. The van der Waals surface area contributed by atoms with Gasteiger partial charge in [0.2, 0.25) is 0 Å². The summed E-state index contributed by atoms with van der Waals surface area (Å²) in [5.41, 5.74) is 2.78. The van der Waals surface area contributed by atoms with Crippen molar-refractivity contribution in [2.75, 3.05) is 13.1 Å². The molecule has 0 aliphatic rings. The van der Waals surface area contributed by atoms with Crippen molar-refractivity contribution in [2.24, 2.45) is 0 Å². The Morgan fingerprint density at radius 1 is 1.33 bits per heavy atom. The van der Waals surface area contributed by atoms with Crippen molar-refractivity contribution in [1.82, 2.24) is 10.3 Å². The van der Waals surface area contributed by atoms with Crippen LogP contribution in [0.4, 0.5) is 0 Å². The van der Waals surface area contributed by atoms with Gasteiger partial charge in [-0.05, 0) is 43.0 Å². The fraction of sp³-hybridized carbons (Fsp3) is 0.615. The number of rotatable bonds is 5. The zero-order valence-electron chi connectivity index (χ0n) is 10.3. The maximum absolute atomic E-state index is 4.26. The number of pyridine rings is 1. The molecule has 1 heterocycles. The van der Waals surface area contributed by atoms with Gasteiger partial charge >= 0.3 is 0 Å². The summed E-state index contributed by atoms with van der Waals surface area (Å²) in [6.45, 7) is 10.9. The van der Waals surface area contributed by atoms with Crippen LogP contribution in [0.5, 0.6) is 0 Å². The summed E-state index contributed by atoms with van der Waals surface area (Å²) in [6, 6.07) is 2.24. The Balaban J connectivity index is 2.67. The normalized spacial score (nSPS) is 11.7. The first-order chi connectivity index (χ1) is 7.06. The Hall–Kier alpha value is -0.890. The van der Waals surface area contributed by atoms with Gasteiger partial charge in [-0.25, -0.2) is 0 Å². The molecule has 0 amide bonds. The molecule has 1 rings (SSSR count). The Labute approximate surface area is 93.1 Å². The van der Waals surface area contributed by atoms with Crippen LogP contribution in [0.3, 0.4) is 0 Å². The highest BCUT2D eigenvalue weighted by Crippen LogP contribution is 2.26. The average molecular weight is 206 g/mol.